The van der Waals surface area contributed by atoms with Gasteiger partial charge in [0.2, 0.25) is 0 Å². The molecular formula is C25H22N2O3. The van der Waals surface area contributed by atoms with Crippen molar-refractivity contribution in [1.29, 1.82) is 0 Å². The monoisotopic (exact) mass is 398 g/mol. The summed E-state index contributed by atoms with van der Waals surface area (Å²) in [4.78, 5) is 40.0. The second-order valence-corrected chi connectivity index (χ2v) is 7.52. The van der Waals surface area contributed by atoms with E-state index in [0.717, 1.165) is 16.0 Å². The minimum Gasteiger partial charge on any atom is -0.322 e. The maximum atomic E-state index is 13.5. The number of urea groups is 1. The van der Waals surface area contributed by atoms with Gasteiger partial charge in [0.05, 0.1) is 6.54 Å². The second-order valence-electron chi connectivity index (χ2n) is 7.52. The number of carbonyl (C=O) groups is 3. The van der Waals surface area contributed by atoms with Crippen molar-refractivity contribution in [1.82, 2.24) is 10.2 Å². The summed E-state index contributed by atoms with van der Waals surface area (Å²) in [7, 11) is 0. The highest BCUT2D eigenvalue weighted by atomic mass is 16.2. The maximum absolute atomic E-state index is 13.5. The average molecular weight is 398 g/mol. The molecule has 1 saturated heterocycles. The van der Waals surface area contributed by atoms with Crippen LogP contribution in [0.4, 0.5) is 4.79 Å². The summed E-state index contributed by atoms with van der Waals surface area (Å²) in [6.45, 7) is -0.278. The Labute approximate surface area is 175 Å². The lowest BCUT2D eigenvalue weighted by Crippen LogP contribution is -2.51. The molecule has 5 heteroatoms. The SMILES string of the molecule is O=C(CN1C(=O)NC(Cc2ccccc2)(Cc2ccccc2)C1=O)c1ccccc1. The Morgan fingerprint density at radius 2 is 1.20 bits per heavy atom. The van der Waals surface area contributed by atoms with Crippen molar-refractivity contribution in [2.24, 2.45) is 0 Å². The van der Waals surface area contributed by atoms with E-state index >= 15 is 0 Å². The highest BCUT2D eigenvalue weighted by Gasteiger charge is 2.51. The van der Waals surface area contributed by atoms with Crippen molar-refractivity contribution < 1.29 is 14.4 Å². The van der Waals surface area contributed by atoms with Crippen LogP contribution in [0.1, 0.15) is 21.5 Å². The van der Waals surface area contributed by atoms with Gasteiger partial charge in [-0.15, -0.1) is 0 Å². The van der Waals surface area contributed by atoms with Gasteiger partial charge in [-0.05, 0) is 11.1 Å². The van der Waals surface area contributed by atoms with E-state index in [1.54, 1.807) is 24.3 Å². The van der Waals surface area contributed by atoms with Gasteiger partial charge < -0.3 is 5.32 Å². The third kappa shape index (κ3) is 4.01. The molecule has 0 bridgehead atoms. The van der Waals surface area contributed by atoms with Gasteiger partial charge in [-0.2, -0.15) is 0 Å². The minimum absolute atomic E-state index is 0.269. The Morgan fingerprint density at radius 3 is 1.70 bits per heavy atom. The highest BCUT2D eigenvalue weighted by molar-refractivity contribution is 6.11. The molecule has 4 rings (SSSR count). The molecule has 0 spiro atoms. The minimum atomic E-state index is -1.13. The van der Waals surface area contributed by atoms with Gasteiger partial charge in [-0.1, -0.05) is 91.0 Å². The van der Waals surface area contributed by atoms with Crippen LogP contribution in [0.5, 0.6) is 0 Å². The van der Waals surface area contributed by atoms with Crippen molar-refractivity contribution >= 4 is 17.7 Å². The molecule has 30 heavy (non-hydrogen) atoms. The van der Waals surface area contributed by atoms with Crippen LogP contribution in [-0.4, -0.2) is 34.7 Å². The molecule has 0 aromatic heterocycles. The third-order valence-electron chi connectivity index (χ3n) is 5.34. The Balaban J connectivity index is 1.63. The fourth-order valence-electron chi connectivity index (χ4n) is 3.87. The van der Waals surface area contributed by atoms with Gasteiger partial charge in [0, 0.05) is 18.4 Å². The highest BCUT2D eigenvalue weighted by Crippen LogP contribution is 2.27. The molecule has 0 atom stereocenters. The van der Waals surface area contributed by atoms with E-state index in [1.165, 1.54) is 0 Å². The number of carbonyl (C=O) groups excluding carboxylic acids is 3. The molecule has 0 saturated carbocycles. The van der Waals surface area contributed by atoms with Gasteiger partial charge >= 0.3 is 6.03 Å². The lowest BCUT2D eigenvalue weighted by molar-refractivity contribution is -0.131. The van der Waals surface area contributed by atoms with E-state index in [2.05, 4.69) is 5.32 Å². The predicted octanol–water partition coefficient (Wildman–Crippen LogP) is 3.65. The van der Waals surface area contributed by atoms with Crippen LogP contribution in [-0.2, 0) is 17.6 Å². The van der Waals surface area contributed by atoms with E-state index in [1.807, 2.05) is 66.7 Å². The normalized spacial score (nSPS) is 15.1. The summed E-state index contributed by atoms with van der Waals surface area (Å²) in [6.07, 6.45) is 0.701. The molecule has 0 unspecified atom stereocenters. The zero-order valence-electron chi connectivity index (χ0n) is 16.5. The Kier molecular flexibility index (Phi) is 5.44. The Morgan fingerprint density at radius 1 is 0.733 bits per heavy atom. The fourth-order valence-corrected chi connectivity index (χ4v) is 3.87. The smallest absolute Gasteiger partial charge is 0.322 e. The number of rotatable bonds is 7. The summed E-state index contributed by atoms with van der Waals surface area (Å²) < 4.78 is 0. The Bertz CT molecular complexity index is 1010. The first-order chi connectivity index (χ1) is 14.6. The first-order valence-corrected chi connectivity index (χ1v) is 9.88. The molecule has 0 aliphatic carbocycles. The van der Waals surface area contributed by atoms with E-state index in [4.69, 9.17) is 0 Å². The van der Waals surface area contributed by atoms with Crippen LogP contribution >= 0.6 is 0 Å². The summed E-state index contributed by atoms with van der Waals surface area (Å²) in [6, 6.07) is 27.3. The molecule has 1 fully saturated rings. The van der Waals surface area contributed by atoms with Crippen LogP contribution in [0.2, 0.25) is 0 Å². The summed E-state index contributed by atoms with van der Waals surface area (Å²) >= 11 is 0. The van der Waals surface area contributed by atoms with Crippen LogP contribution in [0.25, 0.3) is 0 Å². The number of imide groups is 1. The van der Waals surface area contributed by atoms with Crippen molar-refractivity contribution in [2.45, 2.75) is 18.4 Å². The van der Waals surface area contributed by atoms with Crippen LogP contribution in [0.3, 0.4) is 0 Å². The second kappa shape index (κ2) is 8.33. The molecule has 1 aliphatic rings. The van der Waals surface area contributed by atoms with E-state index in [-0.39, 0.29) is 18.2 Å². The van der Waals surface area contributed by atoms with Crippen LogP contribution in [0, 0.1) is 0 Å². The predicted molar refractivity (Wildman–Crippen MR) is 114 cm³/mol. The standard InChI is InChI=1S/C25H22N2O3/c28-22(21-14-8-3-9-15-21)18-27-23(29)25(26-24(27)30,16-19-10-4-1-5-11-19)17-20-12-6-2-7-13-20/h1-15H,16-18H2,(H,26,30). The molecule has 150 valence electrons. The number of Topliss-reactive ketones (excluding diaryl/α,β-unsaturated/α-hetero) is 1. The number of hydrogen-bond acceptors (Lipinski definition) is 3. The van der Waals surface area contributed by atoms with E-state index < -0.39 is 11.6 Å². The molecule has 3 amide bonds. The molecule has 5 nitrogen and oxygen atoms in total. The van der Waals surface area contributed by atoms with Crippen LogP contribution in [0.15, 0.2) is 91.0 Å². The number of benzene rings is 3. The lowest BCUT2D eigenvalue weighted by Gasteiger charge is -2.27. The summed E-state index contributed by atoms with van der Waals surface area (Å²) in [5.41, 5.74) is 1.23. The third-order valence-corrected chi connectivity index (χ3v) is 5.34. The van der Waals surface area contributed by atoms with Crippen molar-refractivity contribution in [2.75, 3.05) is 6.54 Å². The molecule has 1 aliphatic heterocycles. The fraction of sp³-hybridized carbons (Fsp3) is 0.160. The van der Waals surface area contributed by atoms with Gasteiger partial charge in [-0.25, -0.2) is 4.79 Å². The van der Waals surface area contributed by atoms with Crippen molar-refractivity contribution in [3.05, 3.63) is 108 Å². The molecular weight excluding hydrogens is 376 g/mol. The number of nitrogens with zero attached hydrogens (tertiary/aromatic N) is 1. The molecule has 3 aromatic carbocycles. The average Bonchev–Trinajstić information content (AvgIpc) is 2.99. The largest absolute Gasteiger partial charge is 0.325 e. The van der Waals surface area contributed by atoms with Gasteiger partial charge in [0.15, 0.2) is 5.78 Å². The van der Waals surface area contributed by atoms with Gasteiger partial charge in [0.25, 0.3) is 5.91 Å². The quantitative estimate of drug-likeness (QED) is 0.488. The summed E-state index contributed by atoms with van der Waals surface area (Å²) in [5.74, 6) is -0.640. The van der Waals surface area contributed by atoms with Gasteiger partial charge in [-0.3, -0.25) is 14.5 Å². The number of nitrogens with one attached hydrogen (secondary N) is 1. The number of hydrogen-bond donors (Lipinski definition) is 1. The number of amides is 3. The van der Waals surface area contributed by atoms with Gasteiger partial charge in [0.1, 0.15) is 5.54 Å². The van der Waals surface area contributed by atoms with Crippen molar-refractivity contribution in [3.8, 4) is 0 Å². The molecule has 0 radical (unpaired) electrons. The first kappa shape index (κ1) is 19.6. The first-order valence-electron chi connectivity index (χ1n) is 9.88. The molecule has 1 N–H and O–H groups in total. The van der Waals surface area contributed by atoms with Crippen LogP contribution < -0.4 is 5.32 Å². The summed E-state index contributed by atoms with van der Waals surface area (Å²) in [5, 5.41) is 2.91. The zero-order valence-corrected chi connectivity index (χ0v) is 16.5. The Hall–Kier alpha value is -3.73. The molecule has 1 heterocycles. The van der Waals surface area contributed by atoms with E-state index in [9.17, 15) is 14.4 Å². The maximum Gasteiger partial charge on any atom is 0.325 e. The zero-order chi connectivity index (χ0) is 21.0. The van der Waals surface area contributed by atoms with Crippen molar-refractivity contribution in [3.63, 3.8) is 0 Å². The lowest BCUT2D eigenvalue weighted by atomic mass is 9.84. The molecule has 3 aromatic rings. The number of ketones is 1. The van der Waals surface area contributed by atoms with E-state index in [0.29, 0.717) is 18.4 Å². The topological polar surface area (TPSA) is 66.5 Å².